The maximum Gasteiger partial charge on any atom is 0.187 e. The molecule has 0 spiro atoms. The maximum absolute atomic E-state index is 12.8. The van der Waals surface area contributed by atoms with Crippen molar-refractivity contribution in [1.82, 2.24) is 0 Å². The zero-order valence-corrected chi connectivity index (χ0v) is 18.0. The van der Waals surface area contributed by atoms with E-state index >= 15 is 0 Å². The number of benzene rings is 2. The Balaban J connectivity index is 1.51. The highest BCUT2D eigenvalue weighted by atomic mass is 32.2. The number of nitrogens with zero attached hydrogens (tertiary/aromatic N) is 1. The van der Waals surface area contributed by atoms with E-state index in [1.165, 1.54) is 18.4 Å². The van der Waals surface area contributed by atoms with Crippen LogP contribution in [0.1, 0.15) is 67.4 Å². The summed E-state index contributed by atoms with van der Waals surface area (Å²) < 4.78 is 31.5. The minimum Gasteiger partial charge on any atom is -0.471 e. The SMILES string of the molecule is C=C1OC(C)c2cc(CS(=O)(=O)Cc3ccc(C4CC4)cc3)ccc2N1CCC. The summed E-state index contributed by atoms with van der Waals surface area (Å²) in [5.41, 5.74) is 5.07. The van der Waals surface area contributed by atoms with Crippen LogP contribution in [0.15, 0.2) is 54.9 Å². The molecule has 1 saturated carbocycles. The second kappa shape index (κ2) is 7.86. The van der Waals surface area contributed by atoms with Gasteiger partial charge in [0.15, 0.2) is 15.7 Å². The Labute approximate surface area is 174 Å². The van der Waals surface area contributed by atoms with E-state index in [2.05, 4.69) is 30.5 Å². The number of rotatable bonds is 7. The van der Waals surface area contributed by atoms with Gasteiger partial charge in [0.05, 0.1) is 17.2 Å². The summed E-state index contributed by atoms with van der Waals surface area (Å²) in [5.74, 6) is 1.44. The predicted octanol–water partition coefficient (Wildman–Crippen LogP) is 5.46. The summed E-state index contributed by atoms with van der Waals surface area (Å²) in [5, 5.41) is 0. The molecule has 0 bridgehead atoms. The molecule has 1 aliphatic carbocycles. The summed E-state index contributed by atoms with van der Waals surface area (Å²) in [6.07, 6.45) is 3.34. The molecule has 4 nitrogen and oxygen atoms in total. The number of anilines is 1. The second-order valence-electron chi connectivity index (χ2n) is 8.25. The lowest BCUT2D eigenvalue weighted by molar-refractivity contribution is 0.118. The van der Waals surface area contributed by atoms with Crippen LogP contribution in [0.4, 0.5) is 5.69 Å². The summed E-state index contributed by atoms with van der Waals surface area (Å²) in [4.78, 5) is 2.06. The lowest BCUT2D eigenvalue weighted by atomic mass is 10.0. The number of fused-ring (bicyclic) bond motifs is 1. The van der Waals surface area contributed by atoms with Gasteiger partial charge in [-0.3, -0.25) is 0 Å². The monoisotopic (exact) mass is 411 g/mol. The zero-order chi connectivity index (χ0) is 20.6. The molecule has 1 heterocycles. The first-order valence-electron chi connectivity index (χ1n) is 10.4. The fraction of sp³-hybridized carbons (Fsp3) is 0.417. The van der Waals surface area contributed by atoms with Gasteiger partial charge < -0.3 is 9.64 Å². The van der Waals surface area contributed by atoms with Crippen molar-refractivity contribution in [2.45, 2.75) is 56.6 Å². The van der Waals surface area contributed by atoms with Crippen molar-refractivity contribution in [3.63, 3.8) is 0 Å². The Morgan fingerprint density at radius 2 is 1.72 bits per heavy atom. The van der Waals surface area contributed by atoms with Crippen LogP contribution in [0.2, 0.25) is 0 Å². The topological polar surface area (TPSA) is 46.6 Å². The molecule has 2 aliphatic rings. The van der Waals surface area contributed by atoms with Crippen molar-refractivity contribution in [2.24, 2.45) is 0 Å². The normalized spacial score (nSPS) is 19.0. The Morgan fingerprint density at radius 1 is 1.07 bits per heavy atom. The van der Waals surface area contributed by atoms with E-state index in [0.717, 1.165) is 35.3 Å². The van der Waals surface area contributed by atoms with Gasteiger partial charge in [-0.2, -0.15) is 0 Å². The van der Waals surface area contributed by atoms with Gasteiger partial charge in [0, 0.05) is 12.1 Å². The third kappa shape index (κ3) is 4.50. The van der Waals surface area contributed by atoms with Crippen LogP contribution in [0.25, 0.3) is 0 Å². The summed E-state index contributed by atoms with van der Waals surface area (Å²) >= 11 is 0. The van der Waals surface area contributed by atoms with Gasteiger partial charge in [-0.25, -0.2) is 8.42 Å². The van der Waals surface area contributed by atoms with Crippen molar-refractivity contribution >= 4 is 15.5 Å². The van der Waals surface area contributed by atoms with Gasteiger partial charge in [-0.1, -0.05) is 37.3 Å². The van der Waals surface area contributed by atoms with E-state index < -0.39 is 9.84 Å². The van der Waals surface area contributed by atoms with Crippen LogP contribution < -0.4 is 4.90 Å². The van der Waals surface area contributed by atoms with Crippen molar-refractivity contribution in [1.29, 1.82) is 0 Å². The van der Waals surface area contributed by atoms with Gasteiger partial charge in [0.2, 0.25) is 0 Å². The standard InChI is InChI=1S/C24H29NO3S/c1-4-13-25-18(3)28-17(2)23-14-20(7-12-24(23)25)16-29(26,27)15-19-5-8-21(9-6-19)22-10-11-22/h5-9,12,14,17,22H,3-4,10-11,13,15-16H2,1-2H3. The molecule has 1 aliphatic heterocycles. The third-order valence-corrected chi connectivity index (χ3v) is 7.23. The average molecular weight is 412 g/mol. The number of hydrogen-bond acceptors (Lipinski definition) is 4. The first kappa shape index (κ1) is 20.0. The van der Waals surface area contributed by atoms with E-state index in [4.69, 9.17) is 4.74 Å². The fourth-order valence-corrected chi connectivity index (χ4v) is 5.55. The highest BCUT2D eigenvalue weighted by molar-refractivity contribution is 7.89. The zero-order valence-electron chi connectivity index (χ0n) is 17.2. The molecule has 4 rings (SSSR count). The van der Waals surface area contributed by atoms with E-state index in [1.807, 2.05) is 37.3 Å². The van der Waals surface area contributed by atoms with Gasteiger partial charge in [0.1, 0.15) is 6.10 Å². The summed E-state index contributed by atoms with van der Waals surface area (Å²) in [7, 11) is -3.26. The van der Waals surface area contributed by atoms with Crippen LogP contribution in [0, 0.1) is 0 Å². The Hall–Kier alpha value is -2.27. The van der Waals surface area contributed by atoms with Crippen LogP contribution in [0.5, 0.6) is 0 Å². The molecular weight excluding hydrogens is 382 g/mol. The van der Waals surface area contributed by atoms with Crippen LogP contribution in [-0.4, -0.2) is 15.0 Å². The molecule has 0 aromatic heterocycles. The molecule has 5 heteroatoms. The maximum atomic E-state index is 12.8. The molecule has 0 saturated heterocycles. The minimum atomic E-state index is -3.26. The molecule has 1 atom stereocenters. The van der Waals surface area contributed by atoms with Crippen molar-refractivity contribution in [3.05, 3.63) is 77.2 Å². The number of sulfone groups is 1. The Kier molecular flexibility index (Phi) is 5.43. The lowest BCUT2D eigenvalue weighted by Crippen LogP contribution is -2.30. The van der Waals surface area contributed by atoms with Gasteiger partial charge >= 0.3 is 0 Å². The van der Waals surface area contributed by atoms with E-state index in [-0.39, 0.29) is 17.6 Å². The van der Waals surface area contributed by atoms with Crippen molar-refractivity contribution in [2.75, 3.05) is 11.4 Å². The molecule has 0 radical (unpaired) electrons. The molecule has 29 heavy (non-hydrogen) atoms. The smallest absolute Gasteiger partial charge is 0.187 e. The average Bonchev–Trinajstić information content (AvgIpc) is 3.50. The number of ether oxygens (including phenoxy) is 1. The Bertz CT molecular complexity index is 1010. The van der Waals surface area contributed by atoms with Crippen LogP contribution >= 0.6 is 0 Å². The van der Waals surface area contributed by atoms with Crippen LogP contribution in [-0.2, 0) is 26.1 Å². The first-order valence-corrected chi connectivity index (χ1v) is 12.2. The van der Waals surface area contributed by atoms with E-state index in [0.29, 0.717) is 11.8 Å². The molecule has 154 valence electrons. The van der Waals surface area contributed by atoms with Gasteiger partial charge in [0.25, 0.3) is 0 Å². The third-order valence-electron chi connectivity index (χ3n) is 5.68. The summed E-state index contributed by atoms with van der Waals surface area (Å²) in [6.45, 7) is 8.94. The van der Waals surface area contributed by atoms with Crippen molar-refractivity contribution in [3.8, 4) is 0 Å². The fourth-order valence-electron chi connectivity index (χ4n) is 4.06. The largest absolute Gasteiger partial charge is 0.471 e. The Morgan fingerprint density at radius 3 is 2.38 bits per heavy atom. The quantitative estimate of drug-likeness (QED) is 0.607. The highest BCUT2D eigenvalue weighted by Gasteiger charge is 2.27. The molecule has 1 unspecified atom stereocenters. The lowest BCUT2D eigenvalue weighted by Gasteiger charge is -2.36. The van der Waals surface area contributed by atoms with Gasteiger partial charge in [-0.05, 0) is 67.5 Å². The minimum absolute atomic E-state index is 0.0338. The second-order valence-corrected chi connectivity index (χ2v) is 10.3. The molecule has 1 fully saturated rings. The van der Waals surface area contributed by atoms with E-state index in [9.17, 15) is 8.42 Å². The number of hydrogen-bond donors (Lipinski definition) is 0. The molecular formula is C24H29NO3S. The van der Waals surface area contributed by atoms with E-state index in [1.54, 1.807) is 0 Å². The summed E-state index contributed by atoms with van der Waals surface area (Å²) in [6, 6.07) is 14.0. The van der Waals surface area contributed by atoms with Gasteiger partial charge in [-0.15, -0.1) is 0 Å². The van der Waals surface area contributed by atoms with Crippen molar-refractivity contribution < 1.29 is 13.2 Å². The molecule has 0 N–H and O–H groups in total. The molecule has 2 aromatic carbocycles. The predicted molar refractivity (Wildman–Crippen MR) is 117 cm³/mol. The molecule has 2 aromatic rings. The molecule has 0 amide bonds. The van der Waals surface area contributed by atoms with Crippen LogP contribution in [0.3, 0.4) is 0 Å². The first-order chi connectivity index (χ1) is 13.9. The highest BCUT2D eigenvalue weighted by Crippen LogP contribution is 2.40.